The summed E-state index contributed by atoms with van der Waals surface area (Å²) in [5, 5.41) is 2.48. The summed E-state index contributed by atoms with van der Waals surface area (Å²) >= 11 is 0. The highest BCUT2D eigenvalue weighted by molar-refractivity contribution is 6.05. The van der Waals surface area contributed by atoms with Gasteiger partial charge >= 0.3 is 0 Å². The number of ether oxygens (including phenoxy) is 1. The molecule has 2 amide bonds. The molecule has 20 heavy (non-hydrogen) atoms. The van der Waals surface area contributed by atoms with E-state index >= 15 is 0 Å². The number of hydrogen-bond donors (Lipinski definition) is 1. The molecule has 0 fully saturated rings. The van der Waals surface area contributed by atoms with Gasteiger partial charge in [-0.15, -0.1) is 0 Å². The van der Waals surface area contributed by atoms with E-state index < -0.39 is 6.10 Å². The number of rotatable bonds is 3. The van der Waals surface area contributed by atoms with Gasteiger partial charge in [-0.1, -0.05) is 0 Å². The van der Waals surface area contributed by atoms with E-state index in [1.165, 1.54) is 18.9 Å². The van der Waals surface area contributed by atoms with Crippen LogP contribution in [0.25, 0.3) is 0 Å². The van der Waals surface area contributed by atoms with E-state index in [1.54, 1.807) is 25.1 Å². The Morgan fingerprint density at radius 3 is 2.70 bits per heavy atom. The zero-order valence-corrected chi connectivity index (χ0v) is 11.6. The van der Waals surface area contributed by atoms with Crippen LogP contribution in [0.2, 0.25) is 0 Å². The number of Topliss-reactive ketones (excluding diaryl/α,β-unsaturated/α-hetero) is 1. The van der Waals surface area contributed by atoms with Crippen molar-refractivity contribution in [3.63, 3.8) is 0 Å². The smallest absolute Gasteiger partial charge is 0.268 e. The molecule has 0 spiro atoms. The van der Waals surface area contributed by atoms with Crippen molar-refractivity contribution in [2.75, 3.05) is 18.5 Å². The fourth-order valence-corrected chi connectivity index (χ4v) is 2.01. The highest BCUT2D eigenvalue weighted by atomic mass is 16.5. The van der Waals surface area contributed by atoms with E-state index in [9.17, 15) is 14.4 Å². The van der Waals surface area contributed by atoms with E-state index in [0.29, 0.717) is 17.0 Å². The van der Waals surface area contributed by atoms with Crippen LogP contribution in [-0.2, 0) is 9.59 Å². The maximum atomic E-state index is 12.2. The average molecular weight is 276 g/mol. The molecule has 6 heteroatoms. The minimum atomic E-state index is -0.657. The van der Waals surface area contributed by atoms with Gasteiger partial charge in [-0.3, -0.25) is 19.3 Å². The monoisotopic (exact) mass is 276 g/mol. The van der Waals surface area contributed by atoms with Crippen LogP contribution in [0.4, 0.5) is 5.69 Å². The van der Waals surface area contributed by atoms with Crippen LogP contribution in [-0.4, -0.2) is 37.3 Å². The molecule has 0 bridgehead atoms. The standard InChI is InChI=1S/C14H16N2O4/c1-8(17)10-4-5-12-11(6-10)16(7-13(18)15-3)14(19)9(2)20-12/h4-6,9H,7H2,1-3H3,(H,15,18). The van der Waals surface area contributed by atoms with Crippen molar-refractivity contribution >= 4 is 23.3 Å². The number of ketones is 1. The summed E-state index contributed by atoms with van der Waals surface area (Å²) in [5.74, 6) is -0.210. The molecule has 1 aromatic rings. The second-order valence-electron chi connectivity index (χ2n) is 4.60. The van der Waals surface area contributed by atoms with Gasteiger partial charge in [0.25, 0.3) is 5.91 Å². The van der Waals surface area contributed by atoms with Gasteiger partial charge in [-0.2, -0.15) is 0 Å². The second kappa shape index (κ2) is 5.32. The first-order valence-electron chi connectivity index (χ1n) is 6.27. The van der Waals surface area contributed by atoms with Crippen molar-refractivity contribution in [3.05, 3.63) is 23.8 Å². The van der Waals surface area contributed by atoms with Crippen molar-refractivity contribution < 1.29 is 19.1 Å². The lowest BCUT2D eigenvalue weighted by atomic mass is 10.1. The van der Waals surface area contributed by atoms with Gasteiger partial charge < -0.3 is 10.1 Å². The number of nitrogens with zero attached hydrogens (tertiary/aromatic N) is 1. The molecule has 6 nitrogen and oxygen atoms in total. The predicted molar refractivity (Wildman–Crippen MR) is 73.0 cm³/mol. The molecular weight excluding hydrogens is 260 g/mol. The third-order valence-electron chi connectivity index (χ3n) is 3.15. The fraction of sp³-hybridized carbons (Fsp3) is 0.357. The Hall–Kier alpha value is -2.37. The number of nitrogens with one attached hydrogen (secondary N) is 1. The molecule has 1 N–H and O–H groups in total. The number of likely N-dealkylation sites (N-methyl/N-ethyl adjacent to an activating group) is 1. The van der Waals surface area contributed by atoms with Crippen molar-refractivity contribution in [2.24, 2.45) is 0 Å². The number of carbonyl (C=O) groups excluding carboxylic acids is 3. The lowest BCUT2D eigenvalue weighted by Gasteiger charge is -2.32. The van der Waals surface area contributed by atoms with Gasteiger partial charge in [0.15, 0.2) is 11.9 Å². The summed E-state index contributed by atoms with van der Waals surface area (Å²) in [6.45, 7) is 2.97. The Labute approximate surface area is 116 Å². The normalized spacial score (nSPS) is 17.2. The number of anilines is 1. The maximum Gasteiger partial charge on any atom is 0.268 e. The zero-order chi connectivity index (χ0) is 14.9. The third kappa shape index (κ3) is 2.49. The maximum absolute atomic E-state index is 12.2. The first-order valence-corrected chi connectivity index (χ1v) is 6.27. The van der Waals surface area contributed by atoms with Crippen LogP contribution in [0, 0.1) is 0 Å². The van der Waals surface area contributed by atoms with Crippen LogP contribution in [0.5, 0.6) is 5.75 Å². The van der Waals surface area contributed by atoms with Gasteiger partial charge in [-0.25, -0.2) is 0 Å². The van der Waals surface area contributed by atoms with Gasteiger partial charge in [-0.05, 0) is 32.0 Å². The van der Waals surface area contributed by atoms with E-state index in [4.69, 9.17) is 4.74 Å². The molecule has 0 saturated carbocycles. The molecule has 0 aromatic heterocycles. The minimum absolute atomic E-state index is 0.0998. The molecule has 1 aliphatic heterocycles. The highest BCUT2D eigenvalue weighted by Gasteiger charge is 2.32. The van der Waals surface area contributed by atoms with Crippen molar-refractivity contribution in [1.29, 1.82) is 0 Å². The minimum Gasteiger partial charge on any atom is -0.479 e. The molecule has 106 valence electrons. The summed E-state index contributed by atoms with van der Waals surface area (Å²) in [6, 6.07) is 4.86. The molecular formula is C14H16N2O4. The predicted octanol–water partition coefficient (Wildman–Crippen LogP) is 0.749. The lowest BCUT2D eigenvalue weighted by molar-refractivity contribution is -0.128. The molecule has 1 aliphatic rings. The second-order valence-corrected chi connectivity index (χ2v) is 4.60. The van der Waals surface area contributed by atoms with Crippen LogP contribution in [0.3, 0.4) is 0 Å². The van der Waals surface area contributed by atoms with Crippen LogP contribution in [0.1, 0.15) is 24.2 Å². The Balaban J connectivity index is 2.46. The van der Waals surface area contributed by atoms with Gasteiger partial charge in [0.05, 0.1) is 5.69 Å². The summed E-state index contributed by atoms with van der Waals surface area (Å²) in [7, 11) is 1.50. The number of carbonyl (C=O) groups is 3. The molecule has 1 aromatic carbocycles. The van der Waals surface area contributed by atoms with Crippen molar-refractivity contribution in [3.8, 4) is 5.75 Å². The Kier molecular flexibility index (Phi) is 3.74. The van der Waals surface area contributed by atoms with Gasteiger partial charge in [0.2, 0.25) is 5.91 Å². The summed E-state index contributed by atoms with van der Waals surface area (Å²) in [6.07, 6.45) is -0.657. The molecule has 2 rings (SSSR count). The van der Waals surface area contributed by atoms with E-state index in [0.717, 1.165) is 0 Å². The molecule has 1 unspecified atom stereocenters. The van der Waals surface area contributed by atoms with E-state index in [-0.39, 0.29) is 24.1 Å². The Morgan fingerprint density at radius 1 is 1.40 bits per heavy atom. The molecule has 1 heterocycles. The van der Waals surface area contributed by atoms with Gasteiger partial charge in [0, 0.05) is 12.6 Å². The van der Waals surface area contributed by atoms with Crippen LogP contribution >= 0.6 is 0 Å². The molecule has 0 saturated heterocycles. The SMILES string of the molecule is CNC(=O)CN1C(=O)C(C)Oc2ccc(C(C)=O)cc21. The zero-order valence-electron chi connectivity index (χ0n) is 11.6. The summed E-state index contributed by atoms with van der Waals surface area (Å²) < 4.78 is 5.49. The van der Waals surface area contributed by atoms with Crippen molar-refractivity contribution in [1.82, 2.24) is 5.32 Å². The third-order valence-corrected chi connectivity index (χ3v) is 3.15. The van der Waals surface area contributed by atoms with E-state index in [2.05, 4.69) is 5.32 Å². The largest absolute Gasteiger partial charge is 0.479 e. The highest BCUT2D eigenvalue weighted by Crippen LogP contribution is 2.34. The Morgan fingerprint density at radius 2 is 2.10 bits per heavy atom. The topological polar surface area (TPSA) is 75.7 Å². The fourth-order valence-electron chi connectivity index (χ4n) is 2.01. The molecule has 0 aliphatic carbocycles. The summed E-state index contributed by atoms with van der Waals surface area (Å²) in [5.41, 5.74) is 0.918. The van der Waals surface area contributed by atoms with Crippen LogP contribution < -0.4 is 15.0 Å². The number of benzene rings is 1. The summed E-state index contributed by atoms with van der Waals surface area (Å²) in [4.78, 5) is 36.5. The molecule has 0 radical (unpaired) electrons. The van der Waals surface area contributed by atoms with Crippen LogP contribution in [0.15, 0.2) is 18.2 Å². The number of hydrogen-bond acceptors (Lipinski definition) is 4. The average Bonchev–Trinajstić information content (AvgIpc) is 2.43. The first kappa shape index (κ1) is 14.0. The first-order chi connectivity index (χ1) is 9.43. The number of fused-ring (bicyclic) bond motifs is 1. The van der Waals surface area contributed by atoms with E-state index in [1.807, 2.05) is 0 Å². The quantitative estimate of drug-likeness (QED) is 0.827. The lowest BCUT2D eigenvalue weighted by Crippen LogP contribution is -2.48. The Bertz CT molecular complexity index is 583. The number of amides is 2. The molecule has 1 atom stereocenters. The van der Waals surface area contributed by atoms with Crippen molar-refractivity contribution in [2.45, 2.75) is 20.0 Å². The van der Waals surface area contributed by atoms with Gasteiger partial charge in [0.1, 0.15) is 12.3 Å².